The topological polar surface area (TPSA) is 84.5 Å². The molecule has 0 saturated heterocycles. The number of aryl methyl sites for hydroxylation is 2. The molecule has 0 atom stereocenters. The van der Waals surface area contributed by atoms with Crippen LogP contribution in [-0.2, 0) is 19.1 Å². The van der Waals surface area contributed by atoms with Crippen LogP contribution >= 0.6 is 0 Å². The Hall–Kier alpha value is -2.37. The van der Waals surface area contributed by atoms with Crippen molar-refractivity contribution >= 4 is 23.5 Å². The van der Waals surface area contributed by atoms with Crippen molar-refractivity contribution < 1.29 is 19.1 Å². The van der Waals surface area contributed by atoms with E-state index in [0.29, 0.717) is 0 Å². The molecule has 1 aromatic carbocycles. The molecule has 0 aliphatic heterocycles. The van der Waals surface area contributed by atoms with Crippen molar-refractivity contribution in [2.75, 3.05) is 18.5 Å². The quantitative estimate of drug-likeness (QED) is 0.775. The van der Waals surface area contributed by atoms with Gasteiger partial charge >= 0.3 is 5.97 Å². The van der Waals surface area contributed by atoms with Crippen LogP contribution in [0.15, 0.2) is 18.2 Å². The SMILES string of the molecule is Cc1cccc(C)c1NC(=O)COC(=O)CNC(=O)C1CCCCC1. The highest BCUT2D eigenvalue weighted by Gasteiger charge is 2.21. The second-order valence-corrected chi connectivity index (χ2v) is 6.53. The molecule has 0 heterocycles. The largest absolute Gasteiger partial charge is 0.454 e. The molecule has 0 unspecified atom stereocenters. The minimum atomic E-state index is -0.610. The molecule has 25 heavy (non-hydrogen) atoms. The van der Waals surface area contributed by atoms with Crippen molar-refractivity contribution in [3.63, 3.8) is 0 Å². The second-order valence-electron chi connectivity index (χ2n) is 6.53. The number of ether oxygens (including phenoxy) is 1. The van der Waals surface area contributed by atoms with Gasteiger partial charge in [-0.15, -0.1) is 0 Å². The number of para-hydroxylation sites is 1. The van der Waals surface area contributed by atoms with Crippen LogP contribution in [0, 0.1) is 19.8 Å². The summed E-state index contributed by atoms with van der Waals surface area (Å²) in [5.41, 5.74) is 2.62. The third-order valence-electron chi connectivity index (χ3n) is 4.49. The van der Waals surface area contributed by atoms with E-state index in [9.17, 15) is 14.4 Å². The van der Waals surface area contributed by atoms with Crippen molar-refractivity contribution in [2.45, 2.75) is 46.0 Å². The highest BCUT2D eigenvalue weighted by Crippen LogP contribution is 2.23. The molecule has 0 aromatic heterocycles. The number of rotatable bonds is 6. The first-order valence-electron chi connectivity index (χ1n) is 8.77. The van der Waals surface area contributed by atoms with Gasteiger partial charge in [-0.25, -0.2) is 0 Å². The van der Waals surface area contributed by atoms with E-state index in [-0.39, 0.29) is 25.0 Å². The maximum atomic E-state index is 12.0. The second kappa shape index (κ2) is 9.20. The first-order valence-corrected chi connectivity index (χ1v) is 8.77. The maximum Gasteiger partial charge on any atom is 0.325 e. The van der Waals surface area contributed by atoms with Crippen LogP contribution in [0.3, 0.4) is 0 Å². The van der Waals surface area contributed by atoms with Gasteiger partial charge in [-0.3, -0.25) is 14.4 Å². The monoisotopic (exact) mass is 346 g/mol. The summed E-state index contributed by atoms with van der Waals surface area (Å²) < 4.78 is 4.93. The lowest BCUT2D eigenvalue weighted by Gasteiger charge is -2.20. The number of carbonyl (C=O) groups is 3. The van der Waals surface area contributed by atoms with Crippen molar-refractivity contribution in [2.24, 2.45) is 5.92 Å². The molecule has 136 valence electrons. The van der Waals surface area contributed by atoms with Crippen LogP contribution in [0.2, 0.25) is 0 Å². The first-order chi connectivity index (χ1) is 12.0. The minimum absolute atomic E-state index is 0.00567. The highest BCUT2D eigenvalue weighted by atomic mass is 16.5. The summed E-state index contributed by atoms with van der Waals surface area (Å²) in [4.78, 5) is 35.6. The standard InChI is InChI=1S/C19H26N2O4/c1-13-7-6-8-14(2)18(13)21-16(22)12-25-17(23)11-20-19(24)15-9-4-3-5-10-15/h6-8,15H,3-5,9-12H2,1-2H3,(H,20,24)(H,21,22). The fraction of sp³-hybridized carbons (Fsp3) is 0.526. The zero-order valence-electron chi connectivity index (χ0n) is 14.9. The summed E-state index contributed by atoms with van der Waals surface area (Å²) in [6.45, 7) is 3.22. The number of amides is 2. The Kier molecular flexibility index (Phi) is 6.98. The number of anilines is 1. The number of nitrogens with one attached hydrogen (secondary N) is 2. The zero-order valence-corrected chi connectivity index (χ0v) is 14.9. The summed E-state index contributed by atoms with van der Waals surface area (Å²) in [5, 5.41) is 5.35. The summed E-state index contributed by atoms with van der Waals surface area (Å²) in [6, 6.07) is 5.71. The van der Waals surface area contributed by atoms with Gasteiger partial charge in [0.25, 0.3) is 5.91 Å². The molecular formula is C19H26N2O4. The summed E-state index contributed by atoms with van der Waals surface area (Å²) in [5.74, 6) is -1.12. The van der Waals surface area contributed by atoms with E-state index in [1.54, 1.807) is 0 Å². The van der Waals surface area contributed by atoms with Gasteiger partial charge in [0.2, 0.25) is 5.91 Å². The average Bonchev–Trinajstić information content (AvgIpc) is 2.62. The maximum absolute atomic E-state index is 12.0. The summed E-state index contributed by atoms with van der Waals surface area (Å²) >= 11 is 0. The predicted molar refractivity (Wildman–Crippen MR) is 95.1 cm³/mol. The Bertz CT molecular complexity index is 616. The summed E-state index contributed by atoms with van der Waals surface area (Å²) in [7, 11) is 0. The van der Waals surface area contributed by atoms with Crippen LogP contribution in [0.1, 0.15) is 43.2 Å². The average molecular weight is 346 g/mol. The Morgan fingerprint density at radius 3 is 2.36 bits per heavy atom. The van der Waals surface area contributed by atoms with Gasteiger partial charge in [0.05, 0.1) is 0 Å². The Morgan fingerprint density at radius 2 is 1.72 bits per heavy atom. The van der Waals surface area contributed by atoms with E-state index in [4.69, 9.17) is 4.74 Å². The fourth-order valence-electron chi connectivity index (χ4n) is 3.05. The molecule has 1 aliphatic rings. The minimum Gasteiger partial charge on any atom is -0.454 e. The van der Waals surface area contributed by atoms with Crippen molar-refractivity contribution in [1.29, 1.82) is 0 Å². The molecule has 2 rings (SSSR count). The van der Waals surface area contributed by atoms with E-state index >= 15 is 0 Å². The Balaban J connectivity index is 1.70. The van der Waals surface area contributed by atoms with Gasteiger partial charge in [-0.05, 0) is 37.8 Å². The van der Waals surface area contributed by atoms with E-state index in [0.717, 1.165) is 42.5 Å². The molecule has 6 heteroatoms. The van der Waals surface area contributed by atoms with Gasteiger partial charge in [0.15, 0.2) is 6.61 Å². The molecule has 0 radical (unpaired) electrons. The molecule has 0 spiro atoms. The van der Waals surface area contributed by atoms with Gasteiger partial charge < -0.3 is 15.4 Å². The molecule has 2 amide bonds. The fourth-order valence-corrected chi connectivity index (χ4v) is 3.05. The zero-order chi connectivity index (χ0) is 18.2. The van der Waals surface area contributed by atoms with Crippen LogP contribution in [-0.4, -0.2) is 30.9 Å². The van der Waals surface area contributed by atoms with Gasteiger partial charge in [-0.1, -0.05) is 37.5 Å². The molecular weight excluding hydrogens is 320 g/mol. The Morgan fingerprint density at radius 1 is 1.08 bits per heavy atom. The predicted octanol–water partition coefficient (Wildman–Crippen LogP) is 2.48. The third-order valence-corrected chi connectivity index (χ3v) is 4.49. The molecule has 1 saturated carbocycles. The summed E-state index contributed by atoms with van der Waals surface area (Å²) in [6.07, 6.45) is 5.03. The normalized spacial score (nSPS) is 14.6. The first kappa shape index (κ1) is 19.0. The van der Waals surface area contributed by atoms with Crippen LogP contribution in [0.5, 0.6) is 0 Å². The number of hydrogen-bond donors (Lipinski definition) is 2. The van der Waals surface area contributed by atoms with E-state index in [1.807, 2.05) is 32.0 Å². The molecule has 1 aromatic rings. The lowest BCUT2D eigenvalue weighted by atomic mass is 9.89. The van der Waals surface area contributed by atoms with Gasteiger partial charge in [0.1, 0.15) is 6.54 Å². The highest BCUT2D eigenvalue weighted by molar-refractivity contribution is 5.94. The van der Waals surface area contributed by atoms with Crippen LogP contribution in [0.4, 0.5) is 5.69 Å². The van der Waals surface area contributed by atoms with Crippen LogP contribution < -0.4 is 10.6 Å². The van der Waals surface area contributed by atoms with E-state index < -0.39 is 11.9 Å². The smallest absolute Gasteiger partial charge is 0.325 e. The van der Waals surface area contributed by atoms with Gasteiger partial charge in [-0.2, -0.15) is 0 Å². The van der Waals surface area contributed by atoms with Gasteiger partial charge in [0, 0.05) is 11.6 Å². The number of benzene rings is 1. The van der Waals surface area contributed by atoms with Crippen molar-refractivity contribution in [3.05, 3.63) is 29.3 Å². The lowest BCUT2D eigenvalue weighted by Crippen LogP contribution is -2.36. The molecule has 2 N–H and O–H groups in total. The van der Waals surface area contributed by atoms with Crippen molar-refractivity contribution in [3.8, 4) is 0 Å². The van der Waals surface area contributed by atoms with Crippen molar-refractivity contribution in [1.82, 2.24) is 5.32 Å². The third kappa shape index (κ3) is 5.89. The molecule has 1 aliphatic carbocycles. The number of carbonyl (C=O) groups excluding carboxylic acids is 3. The molecule has 0 bridgehead atoms. The number of esters is 1. The molecule has 1 fully saturated rings. The molecule has 6 nitrogen and oxygen atoms in total. The van der Waals surface area contributed by atoms with E-state index in [2.05, 4.69) is 10.6 Å². The Labute approximate surface area is 148 Å². The lowest BCUT2D eigenvalue weighted by molar-refractivity contribution is -0.147. The number of hydrogen-bond acceptors (Lipinski definition) is 4. The van der Waals surface area contributed by atoms with E-state index in [1.165, 1.54) is 6.42 Å². The van der Waals surface area contributed by atoms with Crippen LogP contribution in [0.25, 0.3) is 0 Å².